The second kappa shape index (κ2) is 13.5. The molecule has 3 saturated heterocycles. The Morgan fingerprint density at radius 3 is 2.02 bits per heavy atom. The first-order valence-corrected chi connectivity index (χ1v) is 16.5. The molecule has 0 spiro atoms. The molecule has 1 unspecified atom stereocenters. The topological polar surface area (TPSA) is 276 Å². The van der Waals surface area contributed by atoms with Gasteiger partial charge in [-0.15, -0.1) is 0 Å². The smallest absolute Gasteiger partial charge is 0.337 e. The Morgan fingerprint density at radius 2 is 1.43 bits per heavy atom. The summed E-state index contributed by atoms with van der Waals surface area (Å²) in [6, 6.07) is 0. The van der Waals surface area contributed by atoms with Crippen molar-refractivity contribution in [3.05, 3.63) is 24.2 Å². The molecule has 18 heteroatoms. The van der Waals surface area contributed by atoms with Crippen LogP contribution in [0.1, 0.15) is 19.8 Å². The molecule has 276 valence electrons. The highest BCUT2D eigenvalue weighted by Gasteiger charge is 2.77. The maximum atomic E-state index is 13.8. The predicted molar refractivity (Wildman–Crippen MR) is 154 cm³/mol. The molecular formula is C31H44O18. The van der Waals surface area contributed by atoms with Crippen molar-refractivity contribution in [2.75, 3.05) is 19.8 Å². The summed E-state index contributed by atoms with van der Waals surface area (Å²) in [5.74, 6) is -2.79. The fourth-order valence-electron chi connectivity index (χ4n) is 8.48. The Labute approximate surface area is 279 Å². The Balaban J connectivity index is 1.05. The minimum atomic E-state index is -1.70. The van der Waals surface area contributed by atoms with Crippen molar-refractivity contribution in [2.45, 2.75) is 112 Å². The fraction of sp³-hybridized carbons (Fsp3) is 0.839. The quantitative estimate of drug-likeness (QED) is 0.0811. The van der Waals surface area contributed by atoms with Crippen LogP contribution in [0.25, 0.3) is 0 Å². The van der Waals surface area contributed by atoms with Crippen LogP contribution in [0.2, 0.25) is 0 Å². The van der Waals surface area contributed by atoms with Gasteiger partial charge in [-0.3, -0.25) is 0 Å². The Bertz CT molecular complexity index is 1280. The van der Waals surface area contributed by atoms with Crippen LogP contribution >= 0.6 is 0 Å². The first kappa shape index (κ1) is 35.4. The third kappa shape index (κ3) is 5.79. The van der Waals surface area contributed by atoms with Gasteiger partial charge in [0.15, 0.2) is 12.6 Å². The number of hydrogen-bond acceptors (Lipinski definition) is 18. The van der Waals surface area contributed by atoms with Crippen molar-refractivity contribution in [2.24, 2.45) is 29.6 Å². The van der Waals surface area contributed by atoms with Crippen LogP contribution in [0.4, 0.5) is 0 Å². The maximum Gasteiger partial charge on any atom is 0.337 e. The van der Waals surface area contributed by atoms with Gasteiger partial charge in [0.05, 0.1) is 43.8 Å². The van der Waals surface area contributed by atoms with E-state index in [4.69, 9.17) is 37.9 Å². The van der Waals surface area contributed by atoms with Crippen molar-refractivity contribution in [3.8, 4) is 0 Å². The summed E-state index contributed by atoms with van der Waals surface area (Å²) in [4.78, 5) is 13.8. The van der Waals surface area contributed by atoms with E-state index in [0.717, 1.165) is 0 Å². The molecule has 49 heavy (non-hydrogen) atoms. The van der Waals surface area contributed by atoms with Gasteiger partial charge in [0.1, 0.15) is 66.6 Å². The van der Waals surface area contributed by atoms with Crippen LogP contribution in [0.15, 0.2) is 24.2 Å². The molecule has 20 atom stereocenters. The molecule has 7 rings (SSSR count). The number of carbonyl (C=O) groups is 1. The normalized spacial score (nSPS) is 53.0. The number of hydrogen-bond donors (Lipinski definition) is 9. The average molecular weight is 705 g/mol. The van der Waals surface area contributed by atoms with Crippen molar-refractivity contribution >= 4 is 5.97 Å². The molecule has 5 aliphatic heterocycles. The van der Waals surface area contributed by atoms with Crippen molar-refractivity contribution in [3.63, 3.8) is 0 Å². The number of esters is 1. The van der Waals surface area contributed by atoms with Gasteiger partial charge in [-0.1, -0.05) is 6.92 Å². The molecule has 7 aliphatic rings. The Hall–Kier alpha value is -2.01. The molecule has 2 aliphatic carbocycles. The van der Waals surface area contributed by atoms with E-state index in [1.165, 1.54) is 12.5 Å². The number of ether oxygens (including phenoxy) is 8. The first-order chi connectivity index (χ1) is 23.4. The first-order valence-electron chi connectivity index (χ1n) is 16.5. The summed E-state index contributed by atoms with van der Waals surface area (Å²) < 4.78 is 46.4. The van der Waals surface area contributed by atoms with Gasteiger partial charge in [0.2, 0.25) is 12.6 Å². The van der Waals surface area contributed by atoms with E-state index in [1.807, 2.05) is 6.92 Å². The lowest BCUT2D eigenvalue weighted by molar-refractivity contribution is -0.344. The monoisotopic (exact) mass is 704 g/mol. The number of aliphatic hydroxyl groups is 9. The van der Waals surface area contributed by atoms with Gasteiger partial charge in [0, 0.05) is 17.8 Å². The molecule has 5 fully saturated rings. The SMILES string of the molecule is C[C@@H]1CC[C@@H]2C(C(=O)O[C@H]3[C@H]4C=CO[C@@H](O[C@@H]5O[C@@H](CO)[C@@H](O)[C@H](O)[C@@H]5O)[C@@H]4C4(CO)O[C@@H]34)=CO[C@@H](O[C@@H]3O[C@H](CO)[C@@H](O)[C@@H](O)[C@@H]3O)[C@H]12. The van der Waals surface area contributed by atoms with E-state index >= 15 is 0 Å². The molecular weight excluding hydrogens is 660 g/mol. The van der Waals surface area contributed by atoms with Gasteiger partial charge in [-0.2, -0.15) is 0 Å². The number of fused-ring (bicyclic) bond motifs is 4. The van der Waals surface area contributed by atoms with Crippen LogP contribution in [-0.2, 0) is 42.7 Å². The molecule has 0 aromatic heterocycles. The highest BCUT2D eigenvalue weighted by Crippen LogP contribution is 2.61. The number of aliphatic hydroxyl groups excluding tert-OH is 9. The van der Waals surface area contributed by atoms with Crippen LogP contribution in [0.5, 0.6) is 0 Å². The summed E-state index contributed by atoms with van der Waals surface area (Å²) in [6.07, 6.45) is -13.5. The summed E-state index contributed by atoms with van der Waals surface area (Å²) in [7, 11) is 0. The van der Waals surface area contributed by atoms with Gasteiger partial charge in [-0.05, 0) is 24.8 Å². The van der Waals surface area contributed by atoms with E-state index in [2.05, 4.69) is 0 Å². The molecule has 2 saturated carbocycles. The molecule has 0 aromatic rings. The second-order valence-corrected chi connectivity index (χ2v) is 13.9. The summed E-state index contributed by atoms with van der Waals surface area (Å²) in [5.41, 5.74) is -0.988. The highest BCUT2D eigenvalue weighted by molar-refractivity contribution is 5.89. The molecule has 0 bridgehead atoms. The Morgan fingerprint density at radius 1 is 0.816 bits per heavy atom. The molecule has 5 heterocycles. The van der Waals surface area contributed by atoms with Crippen molar-refractivity contribution in [1.29, 1.82) is 0 Å². The van der Waals surface area contributed by atoms with E-state index in [0.29, 0.717) is 12.8 Å². The molecule has 9 N–H and O–H groups in total. The minimum Gasteiger partial charge on any atom is -0.472 e. The summed E-state index contributed by atoms with van der Waals surface area (Å²) in [5, 5.41) is 91.3. The Kier molecular flexibility index (Phi) is 9.76. The van der Waals surface area contributed by atoms with Crippen LogP contribution in [-0.4, -0.2) is 164 Å². The van der Waals surface area contributed by atoms with Gasteiger partial charge >= 0.3 is 5.97 Å². The second-order valence-electron chi connectivity index (χ2n) is 13.9. The largest absolute Gasteiger partial charge is 0.472 e. The van der Waals surface area contributed by atoms with Gasteiger partial charge in [0.25, 0.3) is 0 Å². The number of carbonyl (C=O) groups excluding carboxylic acids is 1. The number of rotatable bonds is 9. The zero-order chi connectivity index (χ0) is 34.9. The van der Waals surface area contributed by atoms with Crippen LogP contribution in [0.3, 0.4) is 0 Å². The summed E-state index contributed by atoms with van der Waals surface area (Å²) in [6.45, 7) is 0.196. The van der Waals surface area contributed by atoms with Gasteiger partial charge in [-0.25, -0.2) is 4.79 Å². The third-order valence-corrected chi connectivity index (χ3v) is 11.3. The van der Waals surface area contributed by atoms with E-state index in [9.17, 15) is 50.8 Å². The zero-order valence-electron chi connectivity index (χ0n) is 26.4. The standard InChI is InChI=1S/C31H44O18/c1-10-2-3-11-13(8-43-27(16(10)11)47-29-22(39)20(37)18(35)14(6-32)44-29)26(41)46-24-12-4-5-42-28(17(12)31(9-34)25(24)49-31)48-30-23(40)21(38)19(36)15(7-33)45-30/h4-5,8,10-12,14-25,27-30,32-40H,2-3,6-7,9H2,1H3/t10-,11-,12+,14-,15+,16-,17-,18-,19-,20-,21+,22+,23+,24+,25+,27+,28+,29+,30+,31?/m1/s1. The van der Waals surface area contributed by atoms with Crippen molar-refractivity contribution in [1.82, 2.24) is 0 Å². The molecule has 0 aromatic carbocycles. The number of epoxide rings is 1. The molecule has 0 amide bonds. The third-order valence-electron chi connectivity index (χ3n) is 11.3. The summed E-state index contributed by atoms with van der Waals surface area (Å²) >= 11 is 0. The van der Waals surface area contributed by atoms with E-state index < -0.39 is 129 Å². The lowest BCUT2D eigenvalue weighted by Gasteiger charge is -2.43. The maximum absolute atomic E-state index is 13.8. The average Bonchev–Trinajstić information content (AvgIpc) is 3.62. The molecule has 0 radical (unpaired) electrons. The van der Waals surface area contributed by atoms with E-state index in [-0.39, 0.29) is 23.3 Å². The minimum absolute atomic E-state index is 0.000182. The lowest BCUT2D eigenvalue weighted by Crippen LogP contribution is -2.60. The zero-order valence-corrected chi connectivity index (χ0v) is 26.4. The fourth-order valence-corrected chi connectivity index (χ4v) is 8.48. The lowest BCUT2D eigenvalue weighted by atomic mass is 9.83. The predicted octanol–water partition coefficient (Wildman–Crippen LogP) is -4.32. The van der Waals surface area contributed by atoms with E-state index in [1.54, 1.807) is 6.08 Å². The van der Waals surface area contributed by atoms with Gasteiger partial charge < -0.3 is 83.9 Å². The van der Waals surface area contributed by atoms with Crippen LogP contribution < -0.4 is 0 Å². The highest BCUT2D eigenvalue weighted by atomic mass is 16.8. The van der Waals surface area contributed by atoms with Crippen LogP contribution in [0, 0.1) is 29.6 Å². The molecule has 18 nitrogen and oxygen atoms in total. The van der Waals surface area contributed by atoms with Crippen molar-refractivity contribution < 1.29 is 88.6 Å².